The zero-order valence-corrected chi connectivity index (χ0v) is 11.0. The first-order valence-corrected chi connectivity index (χ1v) is 6.54. The van der Waals surface area contributed by atoms with Gasteiger partial charge in [0, 0.05) is 11.5 Å². The smallest absolute Gasteiger partial charge is 0.168 e. The summed E-state index contributed by atoms with van der Waals surface area (Å²) in [5, 5.41) is 9.32. The molecule has 98 valence electrons. The first kappa shape index (κ1) is 13.1. The molecule has 0 fully saturated rings. The van der Waals surface area contributed by atoms with Crippen LogP contribution in [0.15, 0.2) is 18.2 Å². The second kappa shape index (κ2) is 5.53. The number of ketones is 1. The molecule has 1 N–H and O–H groups in total. The van der Waals surface area contributed by atoms with Gasteiger partial charge in [0.05, 0.1) is 13.2 Å². The number of hydrogen-bond donors (Lipinski definition) is 1. The Labute approximate surface area is 108 Å². The Bertz CT molecular complexity index is 437. The largest absolute Gasteiger partial charge is 0.493 e. The number of aliphatic hydroxyl groups is 1. The maximum atomic E-state index is 12.3. The number of carbonyl (C=O) groups is 1. The molecule has 1 aromatic carbocycles. The Morgan fingerprint density at radius 1 is 1.44 bits per heavy atom. The van der Waals surface area contributed by atoms with Gasteiger partial charge in [-0.25, -0.2) is 0 Å². The van der Waals surface area contributed by atoms with Crippen LogP contribution in [0.5, 0.6) is 5.75 Å². The van der Waals surface area contributed by atoms with Gasteiger partial charge in [-0.3, -0.25) is 4.79 Å². The van der Waals surface area contributed by atoms with Crippen LogP contribution in [0.4, 0.5) is 0 Å². The van der Waals surface area contributed by atoms with Gasteiger partial charge < -0.3 is 9.84 Å². The lowest BCUT2D eigenvalue weighted by Crippen LogP contribution is -2.24. The summed E-state index contributed by atoms with van der Waals surface area (Å²) in [5.41, 5.74) is 1.79. The number of aryl methyl sites for hydroxylation is 1. The second-order valence-corrected chi connectivity index (χ2v) is 5.17. The summed E-state index contributed by atoms with van der Waals surface area (Å²) in [6.45, 7) is 4.58. The quantitative estimate of drug-likeness (QED) is 0.833. The lowest BCUT2D eigenvalue weighted by Gasteiger charge is -2.20. The number of rotatable bonds is 4. The fourth-order valence-corrected chi connectivity index (χ4v) is 2.32. The van der Waals surface area contributed by atoms with Gasteiger partial charge in [0.15, 0.2) is 5.78 Å². The summed E-state index contributed by atoms with van der Waals surface area (Å²) in [4.78, 5) is 12.3. The first-order chi connectivity index (χ1) is 8.63. The molecule has 1 aliphatic rings. The zero-order chi connectivity index (χ0) is 13.1. The third kappa shape index (κ3) is 2.56. The fourth-order valence-electron chi connectivity index (χ4n) is 2.32. The molecule has 0 aliphatic carbocycles. The summed E-state index contributed by atoms with van der Waals surface area (Å²) in [6, 6.07) is 5.59. The number of benzene rings is 1. The topological polar surface area (TPSA) is 46.5 Å². The van der Waals surface area contributed by atoms with Gasteiger partial charge >= 0.3 is 0 Å². The molecule has 0 bridgehead atoms. The summed E-state index contributed by atoms with van der Waals surface area (Å²) < 4.78 is 5.53. The van der Waals surface area contributed by atoms with E-state index in [9.17, 15) is 9.90 Å². The molecule has 18 heavy (non-hydrogen) atoms. The summed E-state index contributed by atoms with van der Waals surface area (Å²) >= 11 is 0. The van der Waals surface area contributed by atoms with Crippen molar-refractivity contribution in [2.45, 2.75) is 26.7 Å². The van der Waals surface area contributed by atoms with Crippen LogP contribution in [0.2, 0.25) is 0 Å². The van der Waals surface area contributed by atoms with Gasteiger partial charge in [-0.1, -0.05) is 13.8 Å². The maximum absolute atomic E-state index is 12.3. The van der Waals surface area contributed by atoms with Crippen molar-refractivity contribution in [2.24, 2.45) is 11.8 Å². The van der Waals surface area contributed by atoms with Crippen LogP contribution in [-0.4, -0.2) is 24.1 Å². The molecule has 3 nitrogen and oxygen atoms in total. The molecule has 0 spiro atoms. The lowest BCUT2D eigenvalue weighted by molar-refractivity contribution is 0.0806. The summed E-state index contributed by atoms with van der Waals surface area (Å²) in [5.74, 6) is 0.756. The van der Waals surface area contributed by atoms with Gasteiger partial charge in [-0.05, 0) is 42.5 Å². The average molecular weight is 248 g/mol. The molecule has 1 atom stereocenters. The Morgan fingerprint density at radius 3 is 2.89 bits per heavy atom. The van der Waals surface area contributed by atoms with Crippen molar-refractivity contribution < 1.29 is 14.6 Å². The third-order valence-corrected chi connectivity index (χ3v) is 3.53. The molecule has 0 aromatic heterocycles. The van der Waals surface area contributed by atoms with E-state index in [0.29, 0.717) is 5.56 Å². The standard InChI is InChI=1S/C15H20O3/c1-10(2)13(9-16)15(17)12-5-6-14-11(8-12)4-3-7-18-14/h5-6,8,10,13,16H,3-4,7,9H2,1-2H3. The van der Waals surface area contributed by atoms with Crippen molar-refractivity contribution in [1.82, 2.24) is 0 Å². The van der Waals surface area contributed by atoms with Gasteiger partial charge in [-0.15, -0.1) is 0 Å². The van der Waals surface area contributed by atoms with Crippen molar-refractivity contribution in [3.63, 3.8) is 0 Å². The highest BCUT2D eigenvalue weighted by Crippen LogP contribution is 2.27. The van der Waals surface area contributed by atoms with Crippen molar-refractivity contribution >= 4 is 5.78 Å². The predicted octanol–water partition coefficient (Wildman–Crippen LogP) is 2.46. The van der Waals surface area contributed by atoms with E-state index < -0.39 is 0 Å². The Kier molecular flexibility index (Phi) is 4.02. The molecular formula is C15H20O3. The molecule has 0 radical (unpaired) electrons. The van der Waals surface area contributed by atoms with E-state index in [1.54, 1.807) is 6.07 Å². The van der Waals surface area contributed by atoms with E-state index in [1.165, 1.54) is 0 Å². The molecular weight excluding hydrogens is 228 g/mol. The Morgan fingerprint density at radius 2 is 2.22 bits per heavy atom. The molecule has 0 saturated heterocycles. The first-order valence-electron chi connectivity index (χ1n) is 6.54. The fraction of sp³-hybridized carbons (Fsp3) is 0.533. The van der Waals surface area contributed by atoms with Gasteiger partial charge in [0.2, 0.25) is 0 Å². The molecule has 1 aromatic rings. The minimum absolute atomic E-state index is 0.0286. The molecule has 0 saturated carbocycles. The summed E-state index contributed by atoms with van der Waals surface area (Å²) in [6.07, 6.45) is 1.96. The van der Waals surface area contributed by atoms with E-state index in [-0.39, 0.29) is 24.2 Å². The normalized spacial score (nSPS) is 16.0. The van der Waals surface area contributed by atoms with Crippen LogP contribution in [0.3, 0.4) is 0 Å². The number of aliphatic hydroxyl groups excluding tert-OH is 1. The molecule has 1 heterocycles. The molecule has 2 rings (SSSR count). The van der Waals surface area contributed by atoms with Crippen LogP contribution in [0.1, 0.15) is 36.2 Å². The highest BCUT2D eigenvalue weighted by atomic mass is 16.5. The van der Waals surface area contributed by atoms with Gasteiger partial charge in [0.1, 0.15) is 5.75 Å². The minimum atomic E-state index is -0.312. The van der Waals surface area contributed by atoms with E-state index in [2.05, 4.69) is 0 Å². The zero-order valence-electron chi connectivity index (χ0n) is 11.0. The number of carbonyl (C=O) groups excluding carboxylic acids is 1. The minimum Gasteiger partial charge on any atom is -0.493 e. The van der Waals surface area contributed by atoms with Crippen LogP contribution >= 0.6 is 0 Å². The highest BCUT2D eigenvalue weighted by Gasteiger charge is 2.23. The summed E-state index contributed by atoms with van der Waals surface area (Å²) in [7, 11) is 0. The molecule has 3 heteroatoms. The Balaban J connectivity index is 2.25. The highest BCUT2D eigenvalue weighted by molar-refractivity contribution is 5.98. The van der Waals surface area contributed by atoms with Gasteiger partial charge in [0.25, 0.3) is 0 Å². The van der Waals surface area contributed by atoms with Crippen molar-refractivity contribution in [1.29, 1.82) is 0 Å². The number of hydrogen-bond acceptors (Lipinski definition) is 3. The lowest BCUT2D eigenvalue weighted by atomic mass is 9.87. The molecule has 1 unspecified atom stereocenters. The predicted molar refractivity (Wildman–Crippen MR) is 70.0 cm³/mol. The number of ether oxygens (including phenoxy) is 1. The number of fused-ring (bicyclic) bond motifs is 1. The van der Waals surface area contributed by atoms with Crippen molar-refractivity contribution in [3.8, 4) is 5.75 Å². The van der Waals surface area contributed by atoms with E-state index >= 15 is 0 Å². The van der Waals surface area contributed by atoms with Crippen LogP contribution in [0, 0.1) is 11.8 Å². The van der Waals surface area contributed by atoms with Crippen LogP contribution in [-0.2, 0) is 6.42 Å². The number of Topliss-reactive ketones (excluding diaryl/α,β-unsaturated/α-hetero) is 1. The van der Waals surface area contributed by atoms with Crippen LogP contribution < -0.4 is 4.74 Å². The van der Waals surface area contributed by atoms with Crippen molar-refractivity contribution in [2.75, 3.05) is 13.2 Å². The molecule has 1 aliphatic heterocycles. The van der Waals surface area contributed by atoms with Crippen LogP contribution in [0.25, 0.3) is 0 Å². The maximum Gasteiger partial charge on any atom is 0.168 e. The van der Waals surface area contributed by atoms with Crippen molar-refractivity contribution in [3.05, 3.63) is 29.3 Å². The van der Waals surface area contributed by atoms with E-state index in [0.717, 1.165) is 30.8 Å². The average Bonchev–Trinajstić information content (AvgIpc) is 2.38. The third-order valence-electron chi connectivity index (χ3n) is 3.53. The Hall–Kier alpha value is -1.35. The SMILES string of the molecule is CC(C)C(CO)C(=O)c1ccc2c(c1)CCCO2. The van der Waals surface area contributed by atoms with E-state index in [1.807, 2.05) is 26.0 Å². The van der Waals surface area contributed by atoms with E-state index in [4.69, 9.17) is 4.74 Å². The van der Waals surface area contributed by atoms with Gasteiger partial charge in [-0.2, -0.15) is 0 Å². The molecule has 0 amide bonds. The second-order valence-electron chi connectivity index (χ2n) is 5.17. The monoisotopic (exact) mass is 248 g/mol.